The number of nitrogens with zero attached hydrogens (tertiary/aromatic N) is 2. The second-order valence-electron chi connectivity index (χ2n) is 3.79. The van der Waals surface area contributed by atoms with Crippen LogP contribution in [0.5, 0.6) is 0 Å². The van der Waals surface area contributed by atoms with Crippen LogP contribution in [0.2, 0.25) is 0 Å². The van der Waals surface area contributed by atoms with E-state index in [4.69, 9.17) is 0 Å². The highest BCUT2D eigenvalue weighted by Crippen LogP contribution is 2.07. The van der Waals surface area contributed by atoms with Crippen molar-refractivity contribution in [1.82, 2.24) is 0 Å². The van der Waals surface area contributed by atoms with Crippen LogP contribution in [0.4, 0.5) is 0 Å². The summed E-state index contributed by atoms with van der Waals surface area (Å²) < 4.78 is 0. The van der Waals surface area contributed by atoms with Gasteiger partial charge in [0.25, 0.3) is 0 Å². The molecule has 0 fully saturated rings. The molecule has 0 aromatic rings. The Balaban J connectivity index is 0.000000140. The molecule has 14 heavy (non-hydrogen) atoms. The number of allylic oxidation sites excluding steroid dienone is 4. The van der Waals surface area contributed by atoms with E-state index >= 15 is 0 Å². The van der Waals surface area contributed by atoms with E-state index in [0.717, 1.165) is 24.2 Å². The molecule has 2 heterocycles. The van der Waals surface area contributed by atoms with Crippen LogP contribution < -0.4 is 0 Å². The molecule has 2 nitrogen and oxygen atoms in total. The molecule has 2 aliphatic heterocycles. The van der Waals surface area contributed by atoms with E-state index in [0.29, 0.717) is 0 Å². The molecule has 76 valence electrons. The summed E-state index contributed by atoms with van der Waals surface area (Å²) in [5.41, 5.74) is 4.80. The summed E-state index contributed by atoms with van der Waals surface area (Å²) in [4.78, 5) is 8.33. The second-order valence-corrected chi connectivity index (χ2v) is 3.79. The average molecular weight is 190 g/mol. The molecule has 0 aromatic carbocycles. The molecule has 2 heteroatoms. The van der Waals surface area contributed by atoms with Gasteiger partial charge in [0.1, 0.15) is 0 Å². The molecule has 0 saturated carbocycles. The van der Waals surface area contributed by atoms with Crippen molar-refractivity contribution in [3.8, 4) is 0 Å². The minimum absolute atomic E-state index is 1.06. The maximum Gasteiger partial charge on any atom is 0.0336 e. The van der Waals surface area contributed by atoms with Crippen LogP contribution in [-0.4, -0.2) is 11.4 Å². The predicted molar refractivity (Wildman–Crippen MR) is 63.0 cm³/mol. The molecule has 0 saturated heterocycles. The van der Waals surface area contributed by atoms with Crippen LogP contribution in [0.3, 0.4) is 0 Å². The first-order chi connectivity index (χ1) is 6.58. The highest BCUT2D eigenvalue weighted by Gasteiger charge is 1.96. The Morgan fingerprint density at radius 2 is 1.14 bits per heavy atom. The van der Waals surface area contributed by atoms with Crippen LogP contribution in [0.1, 0.15) is 40.5 Å². The van der Waals surface area contributed by atoms with Crippen molar-refractivity contribution in [3.63, 3.8) is 0 Å². The molecule has 0 spiro atoms. The van der Waals surface area contributed by atoms with Gasteiger partial charge in [-0.15, -0.1) is 0 Å². The zero-order valence-corrected chi connectivity index (χ0v) is 9.46. The van der Waals surface area contributed by atoms with E-state index < -0.39 is 0 Å². The van der Waals surface area contributed by atoms with Crippen LogP contribution in [-0.2, 0) is 0 Å². The summed E-state index contributed by atoms with van der Waals surface area (Å²) in [5.74, 6) is 0. The Labute approximate surface area is 86.2 Å². The highest BCUT2D eigenvalue weighted by atomic mass is 14.8. The van der Waals surface area contributed by atoms with Crippen molar-refractivity contribution in [2.24, 2.45) is 9.98 Å². The van der Waals surface area contributed by atoms with Crippen molar-refractivity contribution in [1.29, 1.82) is 0 Å². The Bertz CT molecular complexity index is 296. The number of aliphatic imine (C=N–C) groups is 2. The molecule has 0 unspecified atom stereocenters. The van der Waals surface area contributed by atoms with Gasteiger partial charge in [-0.3, -0.25) is 9.98 Å². The van der Waals surface area contributed by atoms with Crippen molar-refractivity contribution in [3.05, 3.63) is 23.5 Å². The molecule has 0 radical (unpaired) electrons. The van der Waals surface area contributed by atoms with Crippen LogP contribution >= 0.6 is 0 Å². The van der Waals surface area contributed by atoms with Gasteiger partial charge in [-0.05, 0) is 27.7 Å². The van der Waals surface area contributed by atoms with Gasteiger partial charge in [-0.25, -0.2) is 0 Å². The maximum absolute atomic E-state index is 4.17. The lowest BCUT2D eigenvalue weighted by atomic mass is 10.3. The lowest BCUT2D eigenvalue weighted by Gasteiger charge is -1.79. The summed E-state index contributed by atoms with van der Waals surface area (Å²) in [6.07, 6.45) is 6.39. The Hall–Kier alpha value is -1.18. The standard InChI is InChI=1S/2C6H9N/c2*1-5-3-4-6(2)7-5/h2*3H,4H2,1-2H3. The van der Waals surface area contributed by atoms with Crippen LogP contribution in [0.25, 0.3) is 0 Å². The lowest BCUT2D eigenvalue weighted by molar-refractivity contribution is 1.33. The Morgan fingerprint density at radius 1 is 0.786 bits per heavy atom. The van der Waals surface area contributed by atoms with Gasteiger partial charge in [0.2, 0.25) is 0 Å². The van der Waals surface area contributed by atoms with E-state index in [2.05, 4.69) is 22.1 Å². The molecular formula is C12H18N2. The van der Waals surface area contributed by atoms with Crippen LogP contribution in [0, 0.1) is 0 Å². The molecule has 0 aliphatic carbocycles. The topological polar surface area (TPSA) is 24.7 Å². The normalized spacial score (nSPS) is 19.1. The molecule has 0 atom stereocenters. The zero-order valence-electron chi connectivity index (χ0n) is 9.46. The SMILES string of the molecule is CC1=CCC(C)=N1.CC1=CCC(C)=N1. The molecular weight excluding hydrogens is 172 g/mol. The third-order valence-corrected chi connectivity index (χ3v) is 2.12. The van der Waals surface area contributed by atoms with Gasteiger partial charge < -0.3 is 0 Å². The smallest absolute Gasteiger partial charge is 0.0336 e. The molecule has 0 bridgehead atoms. The van der Waals surface area contributed by atoms with Gasteiger partial charge in [-0.1, -0.05) is 12.2 Å². The number of hydrogen-bond acceptors (Lipinski definition) is 2. The largest absolute Gasteiger partial charge is 0.263 e. The van der Waals surface area contributed by atoms with E-state index in [1.165, 1.54) is 11.4 Å². The first-order valence-corrected chi connectivity index (χ1v) is 5.00. The maximum atomic E-state index is 4.17. The number of hydrogen-bond donors (Lipinski definition) is 0. The summed E-state index contributed by atoms with van der Waals surface area (Å²) >= 11 is 0. The van der Waals surface area contributed by atoms with Crippen molar-refractivity contribution in [2.75, 3.05) is 0 Å². The molecule has 2 rings (SSSR count). The van der Waals surface area contributed by atoms with E-state index in [-0.39, 0.29) is 0 Å². The average Bonchev–Trinajstić information content (AvgIpc) is 2.63. The minimum Gasteiger partial charge on any atom is -0.263 e. The first kappa shape index (κ1) is 10.9. The quantitative estimate of drug-likeness (QED) is 0.558. The summed E-state index contributed by atoms with van der Waals surface area (Å²) in [7, 11) is 0. The monoisotopic (exact) mass is 190 g/mol. The third-order valence-electron chi connectivity index (χ3n) is 2.12. The third kappa shape index (κ3) is 3.69. The van der Waals surface area contributed by atoms with Gasteiger partial charge in [0.15, 0.2) is 0 Å². The molecule has 0 amide bonds. The van der Waals surface area contributed by atoms with Crippen molar-refractivity contribution in [2.45, 2.75) is 40.5 Å². The summed E-state index contributed by atoms with van der Waals surface area (Å²) in [6.45, 7) is 8.15. The molecule has 2 aliphatic rings. The van der Waals surface area contributed by atoms with Crippen molar-refractivity contribution < 1.29 is 0 Å². The second kappa shape index (κ2) is 4.89. The van der Waals surface area contributed by atoms with Gasteiger partial charge in [0.05, 0.1) is 0 Å². The fourth-order valence-corrected chi connectivity index (χ4v) is 1.38. The Kier molecular flexibility index (Phi) is 3.81. The van der Waals surface area contributed by atoms with Gasteiger partial charge in [-0.2, -0.15) is 0 Å². The summed E-state index contributed by atoms with van der Waals surface area (Å²) in [6, 6.07) is 0. The predicted octanol–water partition coefficient (Wildman–Crippen LogP) is 3.51. The van der Waals surface area contributed by atoms with E-state index in [1.807, 2.05) is 27.7 Å². The fraction of sp³-hybridized carbons (Fsp3) is 0.500. The summed E-state index contributed by atoms with van der Waals surface area (Å²) in [5, 5.41) is 0. The molecule has 0 aromatic heterocycles. The van der Waals surface area contributed by atoms with Crippen molar-refractivity contribution >= 4 is 11.4 Å². The van der Waals surface area contributed by atoms with Gasteiger partial charge >= 0.3 is 0 Å². The van der Waals surface area contributed by atoms with E-state index in [1.54, 1.807) is 0 Å². The fourth-order valence-electron chi connectivity index (χ4n) is 1.38. The Morgan fingerprint density at radius 3 is 1.21 bits per heavy atom. The molecule has 0 N–H and O–H groups in total. The first-order valence-electron chi connectivity index (χ1n) is 5.00. The van der Waals surface area contributed by atoms with Gasteiger partial charge in [0, 0.05) is 35.7 Å². The van der Waals surface area contributed by atoms with Crippen LogP contribution in [0.15, 0.2) is 33.5 Å². The van der Waals surface area contributed by atoms with E-state index in [9.17, 15) is 0 Å². The highest BCUT2D eigenvalue weighted by molar-refractivity contribution is 5.86. The minimum atomic E-state index is 1.06. The lowest BCUT2D eigenvalue weighted by Crippen LogP contribution is -1.78. The number of rotatable bonds is 0. The zero-order chi connectivity index (χ0) is 10.6.